The maximum atomic E-state index is 5.60. The highest BCUT2D eigenvalue weighted by Gasteiger charge is 2.24. The minimum Gasteiger partial charge on any atom is -0.469 e. The average Bonchev–Trinajstić information content (AvgIpc) is 2.86. The van der Waals surface area contributed by atoms with E-state index < -0.39 is 0 Å². The van der Waals surface area contributed by atoms with E-state index in [0.717, 1.165) is 17.3 Å². The van der Waals surface area contributed by atoms with Crippen LogP contribution in [-0.4, -0.2) is 6.29 Å². The van der Waals surface area contributed by atoms with Crippen LogP contribution in [0.5, 0.6) is 11.5 Å². The van der Waals surface area contributed by atoms with Crippen molar-refractivity contribution < 1.29 is 13.9 Å². The SMILES string of the molecule is c1coc(CC2Oc3ccccc3O2)c1. The Kier molecular flexibility index (Phi) is 1.88. The van der Waals surface area contributed by atoms with Crippen LogP contribution in [0.15, 0.2) is 47.1 Å². The van der Waals surface area contributed by atoms with Crippen molar-refractivity contribution in [1.29, 1.82) is 0 Å². The molecule has 0 unspecified atom stereocenters. The van der Waals surface area contributed by atoms with Gasteiger partial charge in [-0.2, -0.15) is 0 Å². The lowest BCUT2D eigenvalue weighted by Gasteiger charge is -2.07. The van der Waals surface area contributed by atoms with Crippen molar-refractivity contribution in [2.24, 2.45) is 0 Å². The number of para-hydroxylation sites is 2. The summed E-state index contributed by atoms with van der Waals surface area (Å²) in [7, 11) is 0. The van der Waals surface area contributed by atoms with Crippen LogP contribution in [0.1, 0.15) is 5.76 Å². The molecule has 1 aromatic heterocycles. The number of hydrogen-bond acceptors (Lipinski definition) is 3. The highest BCUT2D eigenvalue weighted by Crippen LogP contribution is 2.34. The number of fused-ring (bicyclic) bond motifs is 1. The fourth-order valence-corrected chi connectivity index (χ4v) is 1.63. The van der Waals surface area contributed by atoms with Gasteiger partial charge in [-0.3, -0.25) is 0 Å². The highest BCUT2D eigenvalue weighted by atomic mass is 16.7. The number of benzene rings is 1. The number of furan rings is 1. The molecule has 0 aliphatic carbocycles. The highest BCUT2D eigenvalue weighted by molar-refractivity contribution is 5.41. The third kappa shape index (κ3) is 1.56. The number of ether oxygens (including phenoxy) is 2. The molecule has 0 bridgehead atoms. The van der Waals surface area contributed by atoms with Crippen LogP contribution >= 0.6 is 0 Å². The Morgan fingerprint density at radius 3 is 2.27 bits per heavy atom. The van der Waals surface area contributed by atoms with Crippen LogP contribution in [-0.2, 0) is 6.42 Å². The van der Waals surface area contributed by atoms with Gasteiger partial charge in [-0.25, -0.2) is 0 Å². The van der Waals surface area contributed by atoms with Crippen molar-refractivity contribution in [3.05, 3.63) is 48.4 Å². The summed E-state index contributed by atoms with van der Waals surface area (Å²) in [6, 6.07) is 11.4. The van der Waals surface area contributed by atoms with Crippen LogP contribution in [0.25, 0.3) is 0 Å². The van der Waals surface area contributed by atoms with E-state index in [0.29, 0.717) is 6.42 Å². The molecule has 15 heavy (non-hydrogen) atoms. The first-order chi connectivity index (χ1) is 7.42. The molecule has 2 aromatic rings. The second-order valence-corrected chi connectivity index (χ2v) is 3.40. The Hall–Kier alpha value is -1.90. The molecule has 1 aliphatic heterocycles. The summed E-state index contributed by atoms with van der Waals surface area (Å²) in [5.74, 6) is 2.47. The predicted octanol–water partition coefficient (Wildman–Crippen LogP) is 2.62. The van der Waals surface area contributed by atoms with Gasteiger partial charge in [0.25, 0.3) is 0 Å². The van der Waals surface area contributed by atoms with Gasteiger partial charge in [0.1, 0.15) is 5.76 Å². The van der Waals surface area contributed by atoms with Gasteiger partial charge in [0.2, 0.25) is 6.29 Å². The maximum absolute atomic E-state index is 5.60. The topological polar surface area (TPSA) is 31.6 Å². The Morgan fingerprint density at radius 2 is 1.67 bits per heavy atom. The molecule has 0 radical (unpaired) electrons. The molecular weight excluding hydrogens is 192 g/mol. The van der Waals surface area contributed by atoms with Gasteiger partial charge in [0.15, 0.2) is 11.5 Å². The molecule has 76 valence electrons. The van der Waals surface area contributed by atoms with Gasteiger partial charge >= 0.3 is 0 Å². The zero-order valence-electron chi connectivity index (χ0n) is 8.05. The fourth-order valence-electron chi connectivity index (χ4n) is 1.63. The fraction of sp³-hybridized carbons (Fsp3) is 0.167. The third-order valence-corrected chi connectivity index (χ3v) is 2.31. The molecule has 2 heterocycles. The van der Waals surface area contributed by atoms with E-state index in [4.69, 9.17) is 13.9 Å². The maximum Gasteiger partial charge on any atom is 0.248 e. The first kappa shape index (κ1) is 8.41. The predicted molar refractivity (Wildman–Crippen MR) is 53.9 cm³/mol. The Labute approximate surface area is 87.2 Å². The standard InChI is InChI=1S/C12H10O3/c1-2-6-11-10(5-1)14-12(15-11)8-9-4-3-7-13-9/h1-7,12H,8H2. The molecule has 3 heteroatoms. The quantitative estimate of drug-likeness (QED) is 0.750. The van der Waals surface area contributed by atoms with E-state index in [1.165, 1.54) is 0 Å². The van der Waals surface area contributed by atoms with E-state index in [1.807, 2.05) is 36.4 Å². The zero-order valence-corrected chi connectivity index (χ0v) is 8.05. The van der Waals surface area contributed by atoms with Crippen LogP contribution < -0.4 is 9.47 Å². The smallest absolute Gasteiger partial charge is 0.248 e. The van der Waals surface area contributed by atoms with Gasteiger partial charge in [-0.15, -0.1) is 0 Å². The molecule has 0 atom stereocenters. The first-order valence-electron chi connectivity index (χ1n) is 4.86. The molecule has 0 amide bonds. The molecule has 0 fully saturated rings. The van der Waals surface area contributed by atoms with Crippen LogP contribution in [0, 0.1) is 0 Å². The van der Waals surface area contributed by atoms with Gasteiger partial charge in [0.05, 0.1) is 12.7 Å². The Balaban J connectivity index is 1.74. The summed E-state index contributed by atoms with van der Waals surface area (Å²) in [6.45, 7) is 0. The first-order valence-corrected chi connectivity index (χ1v) is 4.86. The van der Waals surface area contributed by atoms with Crippen molar-refractivity contribution >= 4 is 0 Å². The van der Waals surface area contributed by atoms with E-state index in [-0.39, 0.29) is 6.29 Å². The molecule has 3 rings (SSSR count). The number of hydrogen-bond donors (Lipinski definition) is 0. The van der Waals surface area contributed by atoms with Crippen molar-refractivity contribution in [2.45, 2.75) is 12.7 Å². The van der Waals surface area contributed by atoms with E-state index in [2.05, 4.69) is 0 Å². The van der Waals surface area contributed by atoms with Gasteiger partial charge < -0.3 is 13.9 Å². The lowest BCUT2D eigenvalue weighted by atomic mass is 10.3. The second-order valence-electron chi connectivity index (χ2n) is 3.40. The van der Waals surface area contributed by atoms with Crippen LogP contribution in [0.2, 0.25) is 0 Å². The molecule has 1 aromatic carbocycles. The van der Waals surface area contributed by atoms with E-state index >= 15 is 0 Å². The normalized spacial score (nSPS) is 14.4. The zero-order chi connectivity index (χ0) is 10.1. The van der Waals surface area contributed by atoms with Crippen LogP contribution in [0.4, 0.5) is 0 Å². The average molecular weight is 202 g/mol. The van der Waals surface area contributed by atoms with Crippen molar-refractivity contribution in [1.82, 2.24) is 0 Å². The summed E-state index contributed by atoms with van der Waals surface area (Å²) in [4.78, 5) is 0. The Morgan fingerprint density at radius 1 is 0.933 bits per heavy atom. The lowest BCUT2D eigenvalue weighted by molar-refractivity contribution is 0.0457. The molecule has 3 nitrogen and oxygen atoms in total. The number of rotatable bonds is 2. The molecule has 0 saturated carbocycles. The Bertz CT molecular complexity index is 420. The third-order valence-electron chi connectivity index (χ3n) is 2.31. The summed E-state index contributed by atoms with van der Waals surface area (Å²) < 4.78 is 16.4. The minimum atomic E-state index is -0.270. The van der Waals surface area contributed by atoms with Crippen molar-refractivity contribution in [3.63, 3.8) is 0 Å². The summed E-state index contributed by atoms with van der Waals surface area (Å²) in [5.41, 5.74) is 0. The summed E-state index contributed by atoms with van der Waals surface area (Å²) >= 11 is 0. The van der Waals surface area contributed by atoms with E-state index in [9.17, 15) is 0 Å². The molecule has 0 N–H and O–H groups in total. The second kappa shape index (κ2) is 3.35. The van der Waals surface area contributed by atoms with Gasteiger partial charge in [-0.1, -0.05) is 12.1 Å². The van der Waals surface area contributed by atoms with E-state index in [1.54, 1.807) is 6.26 Å². The van der Waals surface area contributed by atoms with Crippen LogP contribution in [0.3, 0.4) is 0 Å². The van der Waals surface area contributed by atoms with Gasteiger partial charge in [-0.05, 0) is 24.3 Å². The monoisotopic (exact) mass is 202 g/mol. The summed E-state index contributed by atoms with van der Waals surface area (Å²) in [5, 5.41) is 0. The minimum absolute atomic E-state index is 0.270. The lowest BCUT2D eigenvalue weighted by Crippen LogP contribution is -2.20. The molecular formula is C12H10O3. The summed E-state index contributed by atoms with van der Waals surface area (Å²) in [6.07, 6.45) is 2.01. The molecule has 0 saturated heterocycles. The van der Waals surface area contributed by atoms with Crippen molar-refractivity contribution in [3.8, 4) is 11.5 Å². The molecule has 1 aliphatic rings. The van der Waals surface area contributed by atoms with Gasteiger partial charge in [0, 0.05) is 0 Å². The largest absolute Gasteiger partial charge is 0.469 e. The molecule has 0 spiro atoms. The van der Waals surface area contributed by atoms with Crippen molar-refractivity contribution in [2.75, 3.05) is 0 Å².